The number of methoxy groups -OCH3 is 1. The molecule has 0 spiro atoms. The summed E-state index contributed by atoms with van der Waals surface area (Å²) >= 11 is 0. The summed E-state index contributed by atoms with van der Waals surface area (Å²) in [6, 6.07) is 0. The molecule has 6 nitrogen and oxygen atoms in total. The summed E-state index contributed by atoms with van der Waals surface area (Å²) in [7, 11) is 1.68. The summed E-state index contributed by atoms with van der Waals surface area (Å²) in [5.74, 6) is 2.18. The monoisotopic (exact) mass is 254 g/mol. The Bertz CT molecular complexity index is 354. The van der Waals surface area contributed by atoms with Crippen molar-refractivity contribution in [3.05, 3.63) is 11.6 Å². The van der Waals surface area contributed by atoms with E-state index in [1.165, 1.54) is 12.8 Å². The lowest BCUT2D eigenvalue weighted by molar-refractivity contribution is 0.0718. The first-order valence-electron chi connectivity index (χ1n) is 6.60. The van der Waals surface area contributed by atoms with Gasteiger partial charge in [0.1, 0.15) is 11.6 Å². The van der Waals surface area contributed by atoms with Crippen LogP contribution in [-0.2, 0) is 29.0 Å². The summed E-state index contributed by atoms with van der Waals surface area (Å²) in [6.07, 6.45) is 3.53. The molecule has 0 bridgehead atoms. The first kappa shape index (κ1) is 13.5. The van der Waals surface area contributed by atoms with Crippen molar-refractivity contribution in [1.29, 1.82) is 0 Å². The van der Waals surface area contributed by atoms with E-state index < -0.39 is 0 Å². The van der Waals surface area contributed by atoms with E-state index in [4.69, 9.17) is 9.47 Å². The third-order valence-corrected chi connectivity index (χ3v) is 3.07. The number of hydrogen-bond donors (Lipinski definition) is 1. The first-order chi connectivity index (χ1) is 8.92. The van der Waals surface area contributed by atoms with Gasteiger partial charge in [0.15, 0.2) is 0 Å². The van der Waals surface area contributed by atoms with Gasteiger partial charge in [0, 0.05) is 26.6 Å². The highest BCUT2D eigenvalue weighted by atomic mass is 16.5. The van der Waals surface area contributed by atoms with Crippen LogP contribution in [0.2, 0.25) is 0 Å². The number of hydrogen-bond acceptors (Lipinski definition) is 5. The molecule has 1 aliphatic heterocycles. The predicted molar refractivity (Wildman–Crippen MR) is 67.4 cm³/mol. The van der Waals surface area contributed by atoms with Gasteiger partial charge in [-0.3, -0.25) is 0 Å². The summed E-state index contributed by atoms with van der Waals surface area (Å²) in [6.45, 7) is 4.65. The fraction of sp³-hybridized carbons (Fsp3) is 0.833. The fourth-order valence-electron chi connectivity index (χ4n) is 2.09. The van der Waals surface area contributed by atoms with Crippen LogP contribution in [0.25, 0.3) is 0 Å². The molecule has 0 amide bonds. The van der Waals surface area contributed by atoms with Crippen LogP contribution in [0.1, 0.15) is 24.5 Å². The maximum absolute atomic E-state index is 5.38. The highest BCUT2D eigenvalue weighted by Gasteiger charge is 2.14. The molecule has 0 unspecified atom stereocenters. The molecule has 0 aliphatic carbocycles. The third kappa shape index (κ3) is 3.76. The molecule has 2 heterocycles. The number of nitrogens with one attached hydrogen (secondary N) is 1. The Morgan fingerprint density at radius 1 is 1.22 bits per heavy atom. The largest absolute Gasteiger partial charge is 0.382 e. The van der Waals surface area contributed by atoms with Crippen molar-refractivity contribution in [3.63, 3.8) is 0 Å². The Labute approximate surface area is 108 Å². The molecule has 0 saturated carbocycles. The van der Waals surface area contributed by atoms with Crippen LogP contribution in [-0.4, -0.2) is 48.2 Å². The second kappa shape index (κ2) is 7.45. The lowest BCUT2D eigenvalue weighted by Gasteiger charge is -2.14. The predicted octanol–water partition coefficient (Wildman–Crippen LogP) is 0.367. The molecular weight excluding hydrogens is 232 g/mol. The van der Waals surface area contributed by atoms with Crippen molar-refractivity contribution in [1.82, 2.24) is 20.1 Å². The normalized spacial score (nSPS) is 14.7. The van der Waals surface area contributed by atoms with Gasteiger partial charge >= 0.3 is 0 Å². The average Bonchev–Trinajstić information content (AvgIpc) is 2.81. The van der Waals surface area contributed by atoms with E-state index >= 15 is 0 Å². The van der Waals surface area contributed by atoms with Crippen LogP contribution < -0.4 is 5.32 Å². The van der Waals surface area contributed by atoms with Gasteiger partial charge in [-0.2, -0.15) is 0 Å². The van der Waals surface area contributed by atoms with Crippen molar-refractivity contribution >= 4 is 0 Å². The van der Waals surface area contributed by atoms with Gasteiger partial charge in [0.25, 0.3) is 0 Å². The smallest absolute Gasteiger partial charge is 0.147 e. The SMILES string of the molecule is COCCOCCNCc1nnc2n1CCCC2. The van der Waals surface area contributed by atoms with E-state index in [9.17, 15) is 0 Å². The Morgan fingerprint density at radius 3 is 3.06 bits per heavy atom. The van der Waals surface area contributed by atoms with Crippen LogP contribution in [0, 0.1) is 0 Å². The topological polar surface area (TPSA) is 61.2 Å². The van der Waals surface area contributed by atoms with E-state index in [2.05, 4.69) is 20.1 Å². The molecular formula is C12H22N4O2. The molecule has 0 saturated heterocycles. The van der Waals surface area contributed by atoms with Crippen LogP contribution in [0.3, 0.4) is 0 Å². The molecule has 1 aromatic heterocycles. The minimum absolute atomic E-state index is 0.650. The molecule has 2 rings (SSSR count). The molecule has 18 heavy (non-hydrogen) atoms. The van der Waals surface area contributed by atoms with E-state index in [0.29, 0.717) is 19.8 Å². The summed E-state index contributed by atoms with van der Waals surface area (Å²) < 4.78 is 12.5. The number of aryl methyl sites for hydroxylation is 1. The van der Waals surface area contributed by atoms with Crippen LogP contribution in [0.4, 0.5) is 0 Å². The van der Waals surface area contributed by atoms with Gasteiger partial charge in [0.2, 0.25) is 0 Å². The third-order valence-electron chi connectivity index (χ3n) is 3.07. The number of aromatic nitrogens is 3. The van der Waals surface area contributed by atoms with Crippen LogP contribution in [0.5, 0.6) is 0 Å². The van der Waals surface area contributed by atoms with Gasteiger partial charge in [-0.1, -0.05) is 0 Å². The molecule has 0 radical (unpaired) electrons. The van der Waals surface area contributed by atoms with Gasteiger partial charge < -0.3 is 19.4 Å². The van der Waals surface area contributed by atoms with Gasteiger partial charge in [-0.05, 0) is 12.8 Å². The fourth-order valence-corrected chi connectivity index (χ4v) is 2.09. The van der Waals surface area contributed by atoms with Crippen molar-refractivity contribution in [2.45, 2.75) is 32.4 Å². The molecule has 102 valence electrons. The van der Waals surface area contributed by atoms with Gasteiger partial charge in [0.05, 0.1) is 26.4 Å². The highest BCUT2D eigenvalue weighted by molar-refractivity contribution is 4.98. The quantitative estimate of drug-likeness (QED) is 0.679. The second-order valence-electron chi connectivity index (χ2n) is 4.42. The molecule has 0 aromatic carbocycles. The van der Waals surface area contributed by atoms with Crippen molar-refractivity contribution in [3.8, 4) is 0 Å². The Morgan fingerprint density at radius 2 is 2.17 bits per heavy atom. The zero-order valence-electron chi connectivity index (χ0n) is 11.0. The second-order valence-corrected chi connectivity index (χ2v) is 4.42. The number of nitrogens with zero attached hydrogens (tertiary/aromatic N) is 3. The zero-order chi connectivity index (χ0) is 12.6. The van der Waals surface area contributed by atoms with Gasteiger partial charge in [-0.15, -0.1) is 10.2 Å². The molecule has 6 heteroatoms. The van der Waals surface area contributed by atoms with Crippen molar-refractivity contribution in [2.24, 2.45) is 0 Å². The minimum atomic E-state index is 0.650. The molecule has 0 fully saturated rings. The average molecular weight is 254 g/mol. The lowest BCUT2D eigenvalue weighted by Crippen LogP contribution is -2.23. The number of ether oxygens (including phenoxy) is 2. The van der Waals surface area contributed by atoms with Crippen LogP contribution in [0.15, 0.2) is 0 Å². The number of fused-ring (bicyclic) bond motifs is 1. The number of rotatable bonds is 8. The lowest BCUT2D eigenvalue weighted by atomic mass is 10.2. The Hall–Kier alpha value is -0.980. The van der Waals surface area contributed by atoms with Gasteiger partial charge in [-0.25, -0.2) is 0 Å². The van der Waals surface area contributed by atoms with E-state index in [1.807, 2.05) is 0 Å². The van der Waals surface area contributed by atoms with Crippen LogP contribution >= 0.6 is 0 Å². The standard InChI is InChI=1S/C12H22N4O2/c1-17-8-9-18-7-5-13-10-12-15-14-11-4-2-3-6-16(11)12/h13H,2-10H2,1H3. The van der Waals surface area contributed by atoms with Crippen molar-refractivity contribution in [2.75, 3.05) is 33.5 Å². The van der Waals surface area contributed by atoms with E-state index in [-0.39, 0.29) is 0 Å². The maximum atomic E-state index is 5.38. The van der Waals surface area contributed by atoms with Crippen molar-refractivity contribution < 1.29 is 9.47 Å². The molecule has 0 atom stereocenters. The Kier molecular flexibility index (Phi) is 5.57. The first-order valence-corrected chi connectivity index (χ1v) is 6.60. The molecule has 1 aliphatic rings. The van der Waals surface area contributed by atoms with E-state index in [1.54, 1.807) is 7.11 Å². The maximum Gasteiger partial charge on any atom is 0.147 e. The summed E-state index contributed by atoms with van der Waals surface area (Å²) in [5.41, 5.74) is 0. The Balaban J connectivity index is 1.63. The molecule has 1 N–H and O–H groups in total. The minimum Gasteiger partial charge on any atom is -0.382 e. The molecule has 1 aromatic rings. The highest BCUT2D eigenvalue weighted by Crippen LogP contribution is 2.13. The van der Waals surface area contributed by atoms with E-state index in [0.717, 1.165) is 37.7 Å². The zero-order valence-corrected chi connectivity index (χ0v) is 11.0. The summed E-state index contributed by atoms with van der Waals surface area (Å²) in [4.78, 5) is 0. The summed E-state index contributed by atoms with van der Waals surface area (Å²) in [5, 5.41) is 11.8.